The molecule has 3 saturated heterocycles. The van der Waals surface area contributed by atoms with Gasteiger partial charge < -0.3 is 14.9 Å². The van der Waals surface area contributed by atoms with Crippen molar-refractivity contribution in [2.24, 2.45) is 5.29 Å². The Morgan fingerprint density at radius 2 is 1.72 bits per heavy atom. The van der Waals surface area contributed by atoms with Crippen LogP contribution in [0.1, 0.15) is 39.3 Å². The number of fused-ring (bicyclic) bond motifs is 1. The van der Waals surface area contributed by atoms with E-state index >= 15 is 0 Å². The predicted molar refractivity (Wildman–Crippen MR) is 105 cm³/mol. The van der Waals surface area contributed by atoms with Gasteiger partial charge in [-0.1, -0.05) is 30.3 Å². The molecular formula is C19H22N4O5S. The molecule has 4 rings (SSSR count). The highest BCUT2D eigenvalue weighted by Crippen LogP contribution is 2.55. The Labute approximate surface area is 172 Å². The molecule has 3 aliphatic rings. The van der Waals surface area contributed by atoms with Gasteiger partial charge in [-0.2, -0.15) is 0 Å². The quantitative estimate of drug-likeness (QED) is 0.586. The lowest BCUT2D eigenvalue weighted by atomic mass is 9.94. The van der Waals surface area contributed by atoms with Crippen molar-refractivity contribution in [1.82, 2.24) is 14.8 Å². The lowest BCUT2D eigenvalue weighted by Gasteiger charge is -2.50. The van der Waals surface area contributed by atoms with Crippen molar-refractivity contribution in [1.29, 1.82) is 0 Å². The Hall–Kier alpha value is -2.62. The molecule has 154 valence electrons. The summed E-state index contributed by atoms with van der Waals surface area (Å²) >= 11 is 1.36. The monoisotopic (exact) mass is 418 g/mol. The second kappa shape index (κ2) is 6.19. The zero-order valence-corrected chi connectivity index (χ0v) is 17.3. The van der Waals surface area contributed by atoms with Crippen molar-refractivity contribution >= 4 is 29.5 Å². The number of amides is 2. The second-order valence-electron chi connectivity index (χ2n) is 8.49. The summed E-state index contributed by atoms with van der Waals surface area (Å²) < 4.78 is -0.699. The minimum Gasteiger partial charge on any atom is -0.480 e. The Bertz CT molecular complexity index is 905. The third-order valence-electron chi connectivity index (χ3n) is 5.99. The van der Waals surface area contributed by atoms with E-state index < -0.39 is 51.7 Å². The van der Waals surface area contributed by atoms with Crippen LogP contribution in [0.25, 0.3) is 0 Å². The Morgan fingerprint density at radius 1 is 1.10 bits per heavy atom. The van der Waals surface area contributed by atoms with E-state index in [-0.39, 0.29) is 0 Å². The number of carboxylic acid groups (broad SMARTS) is 1. The molecular weight excluding hydrogens is 396 g/mol. The number of carboxylic acids is 1. The van der Waals surface area contributed by atoms with Gasteiger partial charge in [-0.25, -0.2) is 9.80 Å². The first-order chi connectivity index (χ1) is 13.5. The second-order valence-corrected chi connectivity index (χ2v) is 10.3. The summed E-state index contributed by atoms with van der Waals surface area (Å²) in [4.78, 5) is 52.7. The molecule has 3 heterocycles. The first-order valence-corrected chi connectivity index (χ1v) is 10.2. The van der Waals surface area contributed by atoms with E-state index in [1.807, 2.05) is 0 Å². The summed E-state index contributed by atoms with van der Waals surface area (Å²) in [5, 5.41) is 13.4. The average Bonchev–Trinajstić information content (AvgIpc) is 3.02. The molecule has 3 fully saturated rings. The predicted octanol–water partition coefficient (Wildman–Crippen LogP) is 1.80. The van der Waals surface area contributed by atoms with Crippen LogP contribution in [0.3, 0.4) is 0 Å². The highest BCUT2D eigenvalue weighted by atomic mass is 32.2. The molecule has 0 saturated carbocycles. The number of hydrogen-bond donors (Lipinski definition) is 1. The fraction of sp³-hybridized carbons (Fsp3) is 0.526. The number of nitrogens with zero attached hydrogens (tertiary/aromatic N) is 4. The van der Waals surface area contributed by atoms with Gasteiger partial charge in [0.2, 0.25) is 5.91 Å². The third kappa shape index (κ3) is 2.51. The number of β-lactam (4-membered cyclic amide) rings is 1. The smallest absolute Gasteiger partial charge is 0.327 e. The van der Waals surface area contributed by atoms with Gasteiger partial charge in [0.05, 0.1) is 5.29 Å². The molecule has 1 aromatic carbocycles. The lowest BCUT2D eigenvalue weighted by Crippen LogP contribution is -2.73. The van der Waals surface area contributed by atoms with Crippen molar-refractivity contribution in [2.45, 2.75) is 61.6 Å². The Morgan fingerprint density at radius 3 is 2.28 bits per heavy atom. The number of carbonyl (C=O) groups excluding carboxylic acids is 2. The number of benzene rings is 1. The molecule has 0 radical (unpaired) electrons. The lowest BCUT2D eigenvalue weighted by molar-refractivity contribution is -0.172. The topological polar surface area (TPSA) is 111 Å². The zero-order chi connectivity index (χ0) is 21.3. The van der Waals surface area contributed by atoms with Gasteiger partial charge in [-0.3, -0.25) is 9.59 Å². The fourth-order valence-corrected chi connectivity index (χ4v) is 6.38. The summed E-state index contributed by atoms with van der Waals surface area (Å²) in [6.07, 6.45) is 0. The van der Waals surface area contributed by atoms with E-state index in [1.54, 1.807) is 58.0 Å². The molecule has 0 unspecified atom stereocenters. The maximum atomic E-state index is 13.4. The Kier molecular flexibility index (Phi) is 4.20. The van der Waals surface area contributed by atoms with Crippen LogP contribution < -0.4 is 0 Å². The summed E-state index contributed by atoms with van der Waals surface area (Å²) in [5.74, 6) is -1.88. The highest BCUT2D eigenvalue weighted by molar-refractivity contribution is 8.01. The largest absolute Gasteiger partial charge is 0.480 e. The summed E-state index contributed by atoms with van der Waals surface area (Å²) in [6, 6.07) is 6.08. The highest BCUT2D eigenvalue weighted by Gasteiger charge is 2.69. The first kappa shape index (κ1) is 19.7. The zero-order valence-electron chi connectivity index (χ0n) is 16.5. The molecule has 0 spiro atoms. The number of hydrogen-bond acceptors (Lipinski definition) is 6. The van der Waals surface area contributed by atoms with Crippen LogP contribution in [0, 0.1) is 4.91 Å². The van der Waals surface area contributed by atoms with Gasteiger partial charge >= 0.3 is 5.97 Å². The summed E-state index contributed by atoms with van der Waals surface area (Å²) in [7, 11) is 0. The van der Waals surface area contributed by atoms with E-state index in [1.165, 1.54) is 26.6 Å². The number of carbonyl (C=O) groups is 3. The van der Waals surface area contributed by atoms with Crippen LogP contribution in [0.4, 0.5) is 0 Å². The van der Waals surface area contributed by atoms with Gasteiger partial charge in [0, 0.05) is 4.75 Å². The van der Waals surface area contributed by atoms with E-state index in [9.17, 15) is 24.4 Å². The van der Waals surface area contributed by atoms with Gasteiger partial charge in [0.15, 0.2) is 6.04 Å². The molecule has 3 aliphatic heterocycles. The average molecular weight is 418 g/mol. The van der Waals surface area contributed by atoms with Gasteiger partial charge in [-0.05, 0) is 33.3 Å². The number of aliphatic carboxylic acids is 1. The summed E-state index contributed by atoms with van der Waals surface area (Å²) in [6.45, 7) is 6.90. The SMILES string of the molecule is CC1(C)S[C@@H]2[C@H](N3C(=O)[C@H](c4ccccc4)N(N=O)C3(C)C)C(=O)N2[C@H]1C(=O)O. The van der Waals surface area contributed by atoms with Crippen LogP contribution in [0.5, 0.6) is 0 Å². The standard InChI is InChI=1S/C19H22N4O5S/c1-18(2)13(17(26)27)21-14(24)12(16(21)29-18)22-15(25)11(10-8-6-5-7-9-10)23(20-28)19(22,3)4/h5-9,11-13,16H,1-4H3,(H,26,27)/t11-,12+,13-,16+/m0/s1. The van der Waals surface area contributed by atoms with Crippen LogP contribution >= 0.6 is 11.8 Å². The van der Waals surface area contributed by atoms with Crippen molar-refractivity contribution in [3.63, 3.8) is 0 Å². The molecule has 29 heavy (non-hydrogen) atoms. The molecule has 1 N–H and O–H groups in total. The first-order valence-electron chi connectivity index (χ1n) is 9.27. The molecule has 10 heteroatoms. The van der Waals surface area contributed by atoms with Crippen molar-refractivity contribution in [3.8, 4) is 0 Å². The van der Waals surface area contributed by atoms with Gasteiger partial charge in [0.1, 0.15) is 23.1 Å². The Balaban J connectivity index is 1.72. The van der Waals surface area contributed by atoms with Crippen LogP contribution in [0.15, 0.2) is 35.6 Å². The molecule has 0 bridgehead atoms. The summed E-state index contributed by atoms with van der Waals surface area (Å²) in [5.41, 5.74) is -0.531. The van der Waals surface area contributed by atoms with Crippen molar-refractivity contribution < 1.29 is 19.5 Å². The van der Waals surface area contributed by atoms with Crippen LogP contribution in [0.2, 0.25) is 0 Å². The minimum atomic E-state index is -1.14. The maximum Gasteiger partial charge on any atom is 0.327 e. The minimum absolute atomic E-state index is 0.393. The van der Waals surface area contributed by atoms with Crippen molar-refractivity contribution in [3.05, 3.63) is 40.8 Å². The van der Waals surface area contributed by atoms with Crippen LogP contribution in [-0.2, 0) is 14.4 Å². The maximum absolute atomic E-state index is 13.4. The molecule has 2 amide bonds. The van der Waals surface area contributed by atoms with E-state index in [0.717, 1.165) is 0 Å². The molecule has 0 aliphatic carbocycles. The normalized spacial score (nSPS) is 32.2. The third-order valence-corrected chi connectivity index (χ3v) is 7.55. The van der Waals surface area contributed by atoms with Crippen LogP contribution in [-0.4, -0.2) is 65.6 Å². The molecule has 4 atom stereocenters. The molecule has 0 aromatic heterocycles. The number of nitroso groups, excluding NO2 is 1. The van der Waals surface area contributed by atoms with E-state index in [4.69, 9.17) is 0 Å². The molecule has 9 nitrogen and oxygen atoms in total. The molecule has 1 aromatic rings. The fourth-order valence-electron chi connectivity index (χ4n) is 4.71. The number of thioether (sulfide) groups is 1. The number of rotatable bonds is 4. The van der Waals surface area contributed by atoms with Gasteiger partial charge in [-0.15, -0.1) is 16.7 Å². The van der Waals surface area contributed by atoms with Gasteiger partial charge in [0.25, 0.3) is 5.91 Å². The van der Waals surface area contributed by atoms with E-state index in [2.05, 4.69) is 5.29 Å². The van der Waals surface area contributed by atoms with E-state index in [0.29, 0.717) is 5.56 Å². The van der Waals surface area contributed by atoms with Crippen molar-refractivity contribution in [2.75, 3.05) is 0 Å².